The minimum Gasteiger partial charge on any atom is -0.478 e. The Balaban J connectivity index is 2.35. The molecule has 0 amide bonds. The van der Waals surface area contributed by atoms with Crippen LogP contribution in [0.25, 0.3) is 0 Å². The second-order valence-corrected chi connectivity index (χ2v) is 3.88. The lowest BCUT2D eigenvalue weighted by Gasteiger charge is -2.01. The van der Waals surface area contributed by atoms with Crippen LogP contribution < -0.4 is 0 Å². The molecule has 2 N–H and O–H groups in total. The highest BCUT2D eigenvalue weighted by atomic mass is 16.4. The summed E-state index contributed by atoms with van der Waals surface area (Å²) in [6.45, 7) is 0. The SMILES string of the molecule is O=C(O)c1ccc(N=Nc2ccccc2)cc1C(=O)O. The van der Waals surface area contributed by atoms with Crippen LogP contribution in [-0.4, -0.2) is 22.2 Å². The van der Waals surface area contributed by atoms with Crippen molar-refractivity contribution in [2.75, 3.05) is 0 Å². The van der Waals surface area contributed by atoms with Gasteiger partial charge in [-0.15, -0.1) is 0 Å². The molecule has 2 aromatic rings. The molecule has 0 aliphatic heterocycles. The molecule has 0 bridgehead atoms. The van der Waals surface area contributed by atoms with E-state index in [4.69, 9.17) is 10.2 Å². The Morgan fingerprint density at radius 2 is 1.35 bits per heavy atom. The molecule has 0 saturated heterocycles. The summed E-state index contributed by atoms with van der Waals surface area (Å²) in [6, 6.07) is 12.7. The second-order valence-electron chi connectivity index (χ2n) is 3.88. The van der Waals surface area contributed by atoms with E-state index in [0.717, 1.165) is 0 Å². The Bertz CT molecular complexity index is 681. The monoisotopic (exact) mass is 270 g/mol. The molecule has 0 spiro atoms. The first kappa shape index (κ1) is 13.4. The summed E-state index contributed by atoms with van der Waals surface area (Å²) < 4.78 is 0. The van der Waals surface area contributed by atoms with Gasteiger partial charge in [0.2, 0.25) is 0 Å². The summed E-state index contributed by atoms with van der Waals surface area (Å²) in [7, 11) is 0. The van der Waals surface area contributed by atoms with Gasteiger partial charge in [0, 0.05) is 0 Å². The maximum Gasteiger partial charge on any atom is 0.336 e. The van der Waals surface area contributed by atoms with E-state index < -0.39 is 11.9 Å². The Labute approximate surface area is 114 Å². The van der Waals surface area contributed by atoms with Crippen LogP contribution in [-0.2, 0) is 0 Å². The van der Waals surface area contributed by atoms with Gasteiger partial charge in [-0.2, -0.15) is 10.2 Å². The molecule has 2 rings (SSSR count). The van der Waals surface area contributed by atoms with E-state index in [1.807, 2.05) is 6.07 Å². The van der Waals surface area contributed by atoms with Gasteiger partial charge in [-0.25, -0.2) is 9.59 Å². The van der Waals surface area contributed by atoms with Crippen LogP contribution in [0.1, 0.15) is 20.7 Å². The molecule has 0 unspecified atom stereocenters. The Hall–Kier alpha value is -3.02. The number of rotatable bonds is 4. The maximum atomic E-state index is 11.0. The Morgan fingerprint density at radius 3 is 1.95 bits per heavy atom. The first-order valence-corrected chi connectivity index (χ1v) is 5.65. The van der Waals surface area contributed by atoms with Crippen molar-refractivity contribution in [2.45, 2.75) is 0 Å². The summed E-state index contributed by atoms with van der Waals surface area (Å²) in [4.78, 5) is 21.9. The molecular weight excluding hydrogens is 260 g/mol. The van der Waals surface area contributed by atoms with E-state index >= 15 is 0 Å². The summed E-state index contributed by atoms with van der Waals surface area (Å²) in [5.41, 5.74) is 0.293. The summed E-state index contributed by atoms with van der Waals surface area (Å²) in [5, 5.41) is 25.7. The zero-order chi connectivity index (χ0) is 14.5. The lowest BCUT2D eigenvalue weighted by molar-refractivity contribution is 0.0651. The second kappa shape index (κ2) is 5.75. The molecule has 0 saturated carbocycles. The van der Waals surface area contributed by atoms with Gasteiger partial charge >= 0.3 is 11.9 Å². The normalized spacial score (nSPS) is 10.6. The molecule has 0 aliphatic carbocycles. The van der Waals surface area contributed by atoms with Crippen molar-refractivity contribution < 1.29 is 19.8 Å². The molecule has 2 aromatic carbocycles. The third-order valence-electron chi connectivity index (χ3n) is 2.50. The first-order chi connectivity index (χ1) is 9.58. The lowest BCUT2D eigenvalue weighted by atomic mass is 10.1. The van der Waals surface area contributed by atoms with E-state index in [2.05, 4.69) is 10.2 Å². The van der Waals surface area contributed by atoms with Crippen LogP contribution in [0.3, 0.4) is 0 Å². The molecule has 6 heteroatoms. The van der Waals surface area contributed by atoms with Crippen molar-refractivity contribution in [1.29, 1.82) is 0 Å². The van der Waals surface area contributed by atoms with E-state index in [1.54, 1.807) is 24.3 Å². The molecule has 0 radical (unpaired) electrons. The molecule has 0 heterocycles. The fourth-order valence-corrected chi connectivity index (χ4v) is 1.57. The molecule has 0 aliphatic rings. The van der Waals surface area contributed by atoms with Crippen LogP contribution in [0.5, 0.6) is 0 Å². The number of aromatic carboxylic acids is 2. The maximum absolute atomic E-state index is 11.0. The highest BCUT2D eigenvalue weighted by Crippen LogP contribution is 2.21. The van der Waals surface area contributed by atoms with Gasteiger partial charge < -0.3 is 10.2 Å². The van der Waals surface area contributed by atoms with Crippen molar-refractivity contribution in [3.8, 4) is 0 Å². The predicted molar refractivity (Wildman–Crippen MR) is 71.0 cm³/mol. The number of carbonyl (C=O) groups is 2. The summed E-state index contributed by atoms with van der Waals surface area (Å²) in [5.74, 6) is -2.62. The molecule has 20 heavy (non-hydrogen) atoms. The van der Waals surface area contributed by atoms with E-state index in [1.165, 1.54) is 18.2 Å². The number of carboxylic acid groups (broad SMARTS) is 2. The predicted octanol–water partition coefficient (Wildman–Crippen LogP) is 3.50. The third-order valence-corrected chi connectivity index (χ3v) is 2.50. The molecular formula is C14H10N2O4. The minimum absolute atomic E-state index is 0.274. The highest BCUT2D eigenvalue weighted by Gasteiger charge is 2.16. The first-order valence-electron chi connectivity index (χ1n) is 5.65. The van der Waals surface area contributed by atoms with Crippen LogP contribution in [0.2, 0.25) is 0 Å². The smallest absolute Gasteiger partial charge is 0.336 e. The zero-order valence-corrected chi connectivity index (χ0v) is 10.2. The molecule has 0 fully saturated rings. The van der Waals surface area contributed by atoms with Crippen molar-refractivity contribution in [3.63, 3.8) is 0 Å². The van der Waals surface area contributed by atoms with Crippen LogP contribution in [0, 0.1) is 0 Å². The molecule has 6 nitrogen and oxygen atoms in total. The van der Waals surface area contributed by atoms with Crippen molar-refractivity contribution in [3.05, 3.63) is 59.7 Å². The van der Waals surface area contributed by atoms with Gasteiger partial charge in [-0.3, -0.25) is 0 Å². The van der Waals surface area contributed by atoms with E-state index in [9.17, 15) is 9.59 Å². The number of hydrogen-bond acceptors (Lipinski definition) is 4. The number of benzene rings is 2. The standard InChI is InChI=1S/C14H10N2O4/c17-13(18)11-7-6-10(8-12(11)14(19)20)16-15-9-4-2-1-3-5-9/h1-8H,(H,17,18)(H,19,20). The number of nitrogens with zero attached hydrogens (tertiary/aromatic N) is 2. The topological polar surface area (TPSA) is 99.3 Å². The fourth-order valence-electron chi connectivity index (χ4n) is 1.57. The number of carboxylic acids is 2. The van der Waals surface area contributed by atoms with Gasteiger partial charge in [-0.05, 0) is 30.3 Å². The minimum atomic E-state index is -1.32. The van der Waals surface area contributed by atoms with Crippen LogP contribution in [0.4, 0.5) is 11.4 Å². The van der Waals surface area contributed by atoms with Gasteiger partial charge in [0.25, 0.3) is 0 Å². The lowest BCUT2D eigenvalue weighted by Crippen LogP contribution is -2.07. The van der Waals surface area contributed by atoms with Crippen molar-refractivity contribution in [1.82, 2.24) is 0 Å². The Morgan fingerprint density at radius 1 is 0.750 bits per heavy atom. The van der Waals surface area contributed by atoms with E-state index in [0.29, 0.717) is 5.69 Å². The van der Waals surface area contributed by atoms with Crippen LogP contribution in [0.15, 0.2) is 58.8 Å². The van der Waals surface area contributed by atoms with Crippen molar-refractivity contribution >= 4 is 23.3 Å². The third kappa shape index (κ3) is 3.05. The summed E-state index contributed by atoms with van der Waals surface area (Å²) in [6.07, 6.45) is 0. The van der Waals surface area contributed by atoms with Crippen LogP contribution >= 0.6 is 0 Å². The average Bonchev–Trinajstić information content (AvgIpc) is 2.45. The molecule has 0 aromatic heterocycles. The Kier molecular flexibility index (Phi) is 3.85. The fraction of sp³-hybridized carbons (Fsp3) is 0. The summed E-state index contributed by atoms with van der Waals surface area (Å²) >= 11 is 0. The molecule has 0 atom stereocenters. The number of azo groups is 1. The largest absolute Gasteiger partial charge is 0.478 e. The van der Waals surface area contributed by atoms with Gasteiger partial charge in [0.05, 0.1) is 22.5 Å². The average molecular weight is 270 g/mol. The highest BCUT2D eigenvalue weighted by molar-refractivity contribution is 6.02. The van der Waals surface area contributed by atoms with E-state index in [-0.39, 0.29) is 16.8 Å². The molecule has 100 valence electrons. The van der Waals surface area contributed by atoms with Gasteiger partial charge in [0.15, 0.2) is 0 Å². The number of hydrogen-bond donors (Lipinski definition) is 2. The van der Waals surface area contributed by atoms with Crippen molar-refractivity contribution in [2.24, 2.45) is 10.2 Å². The zero-order valence-electron chi connectivity index (χ0n) is 10.2. The quantitative estimate of drug-likeness (QED) is 0.830. The van der Waals surface area contributed by atoms with Gasteiger partial charge in [-0.1, -0.05) is 18.2 Å². The van der Waals surface area contributed by atoms with Gasteiger partial charge in [0.1, 0.15) is 0 Å².